The lowest BCUT2D eigenvalue weighted by Gasteiger charge is -2.42. The summed E-state index contributed by atoms with van der Waals surface area (Å²) in [6, 6.07) is 0. The molecule has 0 bridgehead atoms. The lowest BCUT2D eigenvalue weighted by Crippen LogP contribution is -2.57. The molecule has 5 nitrogen and oxygen atoms in total. The van der Waals surface area contributed by atoms with Gasteiger partial charge in [0.05, 0.1) is 6.61 Å². The van der Waals surface area contributed by atoms with E-state index in [1.54, 1.807) is 0 Å². The Balaban J connectivity index is 5.27. The summed E-state index contributed by atoms with van der Waals surface area (Å²) in [6.07, 6.45) is 7.84. The second kappa shape index (κ2) is 17.7. The first-order valence-electron chi connectivity index (χ1n) is 12.5. The highest BCUT2D eigenvalue weighted by Gasteiger charge is 2.42. The minimum absolute atomic E-state index is 0.0973. The van der Waals surface area contributed by atoms with Gasteiger partial charge in [0, 0.05) is 26.2 Å². The molecule has 0 rings (SSSR count). The second-order valence-corrected chi connectivity index (χ2v) is 8.27. The first kappa shape index (κ1) is 29.1. The lowest BCUT2D eigenvalue weighted by atomic mass is 9.89. The van der Waals surface area contributed by atoms with Crippen molar-refractivity contribution in [1.82, 2.24) is 14.7 Å². The third-order valence-corrected chi connectivity index (χ3v) is 5.86. The Morgan fingerprint density at radius 1 is 0.767 bits per heavy atom. The van der Waals surface area contributed by atoms with Crippen LogP contribution in [0.4, 0.5) is 0 Å². The number of nitrogens with zero attached hydrogens (tertiary/aromatic N) is 3. The van der Waals surface area contributed by atoms with Gasteiger partial charge in [0.25, 0.3) is 0 Å². The molecule has 1 unspecified atom stereocenters. The van der Waals surface area contributed by atoms with Crippen LogP contribution in [0.25, 0.3) is 0 Å². The Kier molecular flexibility index (Phi) is 17.2. The summed E-state index contributed by atoms with van der Waals surface area (Å²) < 4.78 is 5.52. The molecule has 0 spiro atoms. The van der Waals surface area contributed by atoms with Crippen LogP contribution in [0, 0.1) is 0 Å². The van der Waals surface area contributed by atoms with E-state index in [4.69, 9.17) is 4.74 Å². The van der Waals surface area contributed by atoms with Gasteiger partial charge in [0.2, 0.25) is 0 Å². The molecule has 0 N–H and O–H groups in total. The summed E-state index contributed by atoms with van der Waals surface area (Å²) in [5.74, 6) is -0.0973. The van der Waals surface area contributed by atoms with Crippen molar-refractivity contribution in [3.8, 4) is 0 Å². The maximum absolute atomic E-state index is 13.0. The fourth-order valence-electron chi connectivity index (χ4n) is 4.33. The summed E-state index contributed by atoms with van der Waals surface area (Å²) in [4.78, 5) is 20.5. The van der Waals surface area contributed by atoms with Crippen LogP contribution in [-0.2, 0) is 9.53 Å². The van der Waals surface area contributed by atoms with Crippen molar-refractivity contribution in [2.24, 2.45) is 0 Å². The average molecular weight is 426 g/mol. The third kappa shape index (κ3) is 9.93. The number of carbonyl (C=O) groups is 1. The monoisotopic (exact) mass is 425 g/mol. The van der Waals surface area contributed by atoms with Crippen LogP contribution >= 0.6 is 0 Å². The summed E-state index contributed by atoms with van der Waals surface area (Å²) in [5.41, 5.74) is -0.595. The van der Waals surface area contributed by atoms with Crippen LogP contribution in [0.1, 0.15) is 80.1 Å². The molecule has 5 heteroatoms. The highest BCUT2D eigenvalue weighted by atomic mass is 16.5. The number of carbonyl (C=O) groups excluding carboxylic acids is 1. The highest BCUT2D eigenvalue weighted by molar-refractivity contribution is 5.81. The minimum Gasteiger partial charge on any atom is -0.465 e. The second-order valence-electron chi connectivity index (χ2n) is 8.27. The number of esters is 1. The van der Waals surface area contributed by atoms with E-state index >= 15 is 0 Å². The molecule has 178 valence electrons. The van der Waals surface area contributed by atoms with E-state index < -0.39 is 5.54 Å². The lowest BCUT2D eigenvalue weighted by molar-refractivity contribution is -0.158. The van der Waals surface area contributed by atoms with Crippen molar-refractivity contribution in [2.45, 2.75) is 85.6 Å². The van der Waals surface area contributed by atoms with Gasteiger partial charge in [-0.2, -0.15) is 0 Å². The fraction of sp³-hybridized carbons (Fsp3) is 0.880. The standard InChI is InChI=1S/C25H51N3O2/c1-8-15-25(13-6,24(29)30-14-7)28(19-12-5)23-22-27(18-11-4)21-20-26(16-9-2)17-10-3/h8H,1,9-23H2,2-7H3. The van der Waals surface area contributed by atoms with E-state index in [0.717, 1.165) is 58.5 Å². The van der Waals surface area contributed by atoms with Crippen molar-refractivity contribution >= 4 is 5.97 Å². The summed E-state index contributed by atoms with van der Waals surface area (Å²) in [5, 5.41) is 0. The Morgan fingerprint density at radius 3 is 1.63 bits per heavy atom. The molecule has 0 aliphatic rings. The Hall–Kier alpha value is -0.910. The third-order valence-electron chi connectivity index (χ3n) is 5.86. The first-order chi connectivity index (χ1) is 14.5. The molecular formula is C25H51N3O2. The summed E-state index contributed by atoms with van der Waals surface area (Å²) in [6.45, 7) is 25.7. The molecule has 0 saturated heterocycles. The predicted octanol–water partition coefficient (Wildman–Crippen LogP) is 4.82. The Labute approximate surface area is 187 Å². The van der Waals surface area contributed by atoms with Crippen LogP contribution in [0.3, 0.4) is 0 Å². The van der Waals surface area contributed by atoms with Gasteiger partial charge in [-0.15, -0.1) is 6.58 Å². The van der Waals surface area contributed by atoms with Gasteiger partial charge >= 0.3 is 5.97 Å². The summed E-state index contributed by atoms with van der Waals surface area (Å²) in [7, 11) is 0. The predicted molar refractivity (Wildman–Crippen MR) is 130 cm³/mol. The molecule has 0 saturated carbocycles. The molecule has 0 aromatic carbocycles. The zero-order valence-corrected chi connectivity index (χ0v) is 21.0. The van der Waals surface area contributed by atoms with Crippen LogP contribution in [0.5, 0.6) is 0 Å². The maximum atomic E-state index is 13.0. The molecule has 0 radical (unpaired) electrons. The van der Waals surface area contributed by atoms with E-state index in [0.29, 0.717) is 13.0 Å². The SMILES string of the molecule is C=CCC(CC)(C(=O)OCC)N(CCC)CCN(CCC)CCN(CCC)CCC. The fourth-order valence-corrected chi connectivity index (χ4v) is 4.33. The van der Waals surface area contributed by atoms with Crippen molar-refractivity contribution in [1.29, 1.82) is 0 Å². The van der Waals surface area contributed by atoms with Gasteiger partial charge < -0.3 is 14.5 Å². The van der Waals surface area contributed by atoms with Gasteiger partial charge in [-0.3, -0.25) is 9.69 Å². The minimum atomic E-state index is -0.595. The highest BCUT2D eigenvalue weighted by Crippen LogP contribution is 2.27. The Bertz CT molecular complexity index is 438. The van der Waals surface area contributed by atoms with E-state index in [1.807, 2.05) is 13.0 Å². The van der Waals surface area contributed by atoms with Crippen molar-refractivity contribution in [3.05, 3.63) is 12.7 Å². The number of hydrogen-bond acceptors (Lipinski definition) is 5. The van der Waals surface area contributed by atoms with E-state index in [1.165, 1.54) is 25.9 Å². The van der Waals surface area contributed by atoms with Gasteiger partial charge in [0.15, 0.2) is 0 Å². The molecule has 0 amide bonds. The molecule has 0 heterocycles. The average Bonchev–Trinajstić information content (AvgIpc) is 2.73. The zero-order valence-electron chi connectivity index (χ0n) is 21.0. The van der Waals surface area contributed by atoms with Crippen LogP contribution in [-0.4, -0.2) is 85.2 Å². The molecule has 0 aromatic heterocycles. The molecule has 0 aliphatic carbocycles. The molecule has 0 aromatic rings. The van der Waals surface area contributed by atoms with Crippen molar-refractivity contribution < 1.29 is 9.53 Å². The van der Waals surface area contributed by atoms with Gasteiger partial charge in [-0.1, -0.05) is 40.7 Å². The number of ether oxygens (including phenoxy) is 1. The van der Waals surface area contributed by atoms with Gasteiger partial charge in [0.1, 0.15) is 5.54 Å². The quantitative estimate of drug-likeness (QED) is 0.206. The molecule has 1 atom stereocenters. The molecule has 30 heavy (non-hydrogen) atoms. The van der Waals surface area contributed by atoms with Crippen LogP contribution in [0.15, 0.2) is 12.7 Å². The Morgan fingerprint density at radius 2 is 1.23 bits per heavy atom. The topological polar surface area (TPSA) is 36.0 Å². The van der Waals surface area contributed by atoms with Gasteiger partial charge in [-0.25, -0.2) is 0 Å². The number of hydrogen-bond donors (Lipinski definition) is 0. The van der Waals surface area contributed by atoms with Crippen molar-refractivity contribution in [2.75, 3.05) is 59.0 Å². The van der Waals surface area contributed by atoms with Crippen molar-refractivity contribution in [3.63, 3.8) is 0 Å². The largest absolute Gasteiger partial charge is 0.465 e. The number of rotatable bonds is 20. The smallest absolute Gasteiger partial charge is 0.326 e. The van der Waals surface area contributed by atoms with Crippen LogP contribution < -0.4 is 0 Å². The molecule has 0 aliphatic heterocycles. The van der Waals surface area contributed by atoms with Gasteiger partial charge in [-0.05, 0) is 71.6 Å². The molecule has 0 fully saturated rings. The van der Waals surface area contributed by atoms with E-state index in [9.17, 15) is 4.79 Å². The summed E-state index contributed by atoms with van der Waals surface area (Å²) >= 11 is 0. The zero-order chi connectivity index (χ0) is 22.8. The normalized spacial score (nSPS) is 13.8. The first-order valence-corrected chi connectivity index (χ1v) is 12.5. The van der Waals surface area contributed by atoms with E-state index in [-0.39, 0.29) is 5.97 Å². The van der Waals surface area contributed by atoms with Crippen LogP contribution in [0.2, 0.25) is 0 Å². The van der Waals surface area contributed by atoms with E-state index in [2.05, 4.69) is 55.9 Å². The molecular weight excluding hydrogens is 374 g/mol. The maximum Gasteiger partial charge on any atom is 0.326 e.